The second kappa shape index (κ2) is 8.30. The second-order valence-electron chi connectivity index (χ2n) is 9.09. The predicted octanol–water partition coefficient (Wildman–Crippen LogP) is 2.75. The number of fused-ring (bicyclic) bond motifs is 4. The van der Waals surface area contributed by atoms with E-state index in [1.807, 2.05) is 36.4 Å². The molecule has 2 aromatic carbocycles. The summed E-state index contributed by atoms with van der Waals surface area (Å²) < 4.78 is 0. The molecule has 172 valence electrons. The number of para-hydroxylation sites is 1. The minimum absolute atomic E-state index is 0.255. The third-order valence-electron chi connectivity index (χ3n) is 7.40. The number of hydrogen-bond donors (Lipinski definition) is 0. The molecule has 3 aliphatic heterocycles. The summed E-state index contributed by atoms with van der Waals surface area (Å²) in [4.78, 5) is 48.0. The Kier molecular flexibility index (Phi) is 5.44. The number of hydrogen-bond acceptors (Lipinski definition) is 5. The predicted molar refractivity (Wildman–Crippen MR) is 126 cm³/mol. The number of carbonyl (C=O) groups is 3. The van der Waals surface area contributed by atoms with Crippen molar-refractivity contribution in [2.24, 2.45) is 5.41 Å². The Balaban J connectivity index is 1.59. The van der Waals surface area contributed by atoms with Crippen molar-refractivity contribution in [1.29, 1.82) is 0 Å². The Morgan fingerprint density at radius 1 is 0.848 bits per heavy atom. The summed E-state index contributed by atoms with van der Waals surface area (Å²) in [7, 11) is 0. The van der Waals surface area contributed by atoms with E-state index < -0.39 is 11.4 Å². The van der Waals surface area contributed by atoms with E-state index in [4.69, 9.17) is 0 Å². The molecular weight excluding hydrogens is 416 g/mol. The Morgan fingerprint density at radius 2 is 1.48 bits per heavy atom. The summed E-state index contributed by atoms with van der Waals surface area (Å²) >= 11 is 0. The molecule has 3 aliphatic rings. The van der Waals surface area contributed by atoms with Gasteiger partial charge in [-0.3, -0.25) is 24.3 Å². The molecule has 2 saturated heterocycles. The Labute approximate surface area is 194 Å². The number of urea groups is 1. The number of anilines is 1. The first-order valence-corrected chi connectivity index (χ1v) is 11.8. The monoisotopic (exact) mass is 446 g/mol. The molecule has 0 unspecified atom stereocenters. The molecule has 2 fully saturated rings. The maximum absolute atomic E-state index is 14.0. The molecular formula is C26H30N4O3. The lowest BCUT2D eigenvalue weighted by Crippen LogP contribution is -2.75. The summed E-state index contributed by atoms with van der Waals surface area (Å²) in [6.45, 7) is 7.02. The van der Waals surface area contributed by atoms with Gasteiger partial charge in [0.25, 0.3) is 0 Å². The van der Waals surface area contributed by atoms with Crippen molar-refractivity contribution in [2.45, 2.75) is 32.9 Å². The first kappa shape index (κ1) is 21.6. The second-order valence-corrected chi connectivity index (χ2v) is 9.09. The van der Waals surface area contributed by atoms with Gasteiger partial charge in [-0.25, -0.2) is 4.79 Å². The Morgan fingerprint density at radius 3 is 2.15 bits per heavy atom. The van der Waals surface area contributed by atoms with E-state index in [-0.39, 0.29) is 30.9 Å². The molecule has 0 aliphatic carbocycles. The molecule has 7 heteroatoms. The van der Waals surface area contributed by atoms with Gasteiger partial charge in [0, 0.05) is 45.0 Å². The first-order valence-electron chi connectivity index (χ1n) is 11.8. The zero-order valence-corrected chi connectivity index (χ0v) is 19.2. The normalized spacial score (nSPS) is 22.5. The topological polar surface area (TPSA) is 64.2 Å². The van der Waals surface area contributed by atoms with Crippen LogP contribution in [0.5, 0.6) is 0 Å². The van der Waals surface area contributed by atoms with Gasteiger partial charge in [0.05, 0.1) is 6.04 Å². The van der Waals surface area contributed by atoms with Crippen molar-refractivity contribution < 1.29 is 14.4 Å². The quantitative estimate of drug-likeness (QED) is 0.676. The minimum Gasteiger partial charge on any atom is -0.364 e. The van der Waals surface area contributed by atoms with E-state index in [1.165, 1.54) is 15.4 Å². The molecule has 33 heavy (non-hydrogen) atoms. The van der Waals surface area contributed by atoms with Crippen LogP contribution in [-0.4, -0.2) is 71.3 Å². The van der Waals surface area contributed by atoms with Gasteiger partial charge >= 0.3 is 6.03 Å². The van der Waals surface area contributed by atoms with Crippen LogP contribution in [0.15, 0.2) is 54.6 Å². The Bertz CT molecular complexity index is 1060. The van der Waals surface area contributed by atoms with Crippen LogP contribution in [0.3, 0.4) is 0 Å². The summed E-state index contributed by atoms with van der Waals surface area (Å²) in [5.41, 5.74) is 1.99. The third kappa shape index (κ3) is 3.25. The van der Waals surface area contributed by atoms with E-state index in [0.29, 0.717) is 13.0 Å². The number of piperazine rings is 1. The fourth-order valence-electron chi connectivity index (χ4n) is 5.78. The smallest absolute Gasteiger partial charge is 0.333 e. The molecule has 0 radical (unpaired) electrons. The van der Waals surface area contributed by atoms with E-state index in [9.17, 15) is 14.4 Å². The van der Waals surface area contributed by atoms with E-state index >= 15 is 0 Å². The van der Waals surface area contributed by atoms with Crippen molar-refractivity contribution in [3.05, 3.63) is 65.7 Å². The van der Waals surface area contributed by atoms with Crippen molar-refractivity contribution in [1.82, 2.24) is 14.7 Å². The van der Waals surface area contributed by atoms with Crippen LogP contribution in [-0.2, 0) is 22.6 Å². The maximum atomic E-state index is 14.0. The summed E-state index contributed by atoms with van der Waals surface area (Å²) in [6.07, 6.45) is 0.321. The number of carbonyl (C=O) groups excluding carboxylic acids is 3. The number of barbiturate groups is 1. The van der Waals surface area contributed by atoms with E-state index in [0.717, 1.165) is 30.9 Å². The summed E-state index contributed by atoms with van der Waals surface area (Å²) in [6, 6.07) is 17.5. The number of amides is 4. The molecule has 0 saturated carbocycles. The zero-order valence-electron chi connectivity index (χ0n) is 19.2. The lowest BCUT2D eigenvalue weighted by Gasteiger charge is -2.56. The molecule has 0 bridgehead atoms. The summed E-state index contributed by atoms with van der Waals surface area (Å²) in [5, 5.41) is 0. The van der Waals surface area contributed by atoms with Gasteiger partial charge in [0.2, 0.25) is 11.8 Å². The SMILES string of the molecule is CCN1C(=O)N(CC)C(=O)C2(Cc3ccccc3N3CCN(Cc4ccccc4)C[C@H]32)C1=O. The zero-order chi connectivity index (χ0) is 23.2. The average Bonchev–Trinajstić information content (AvgIpc) is 2.84. The van der Waals surface area contributed by atoms with Crippen LogP contribution in [0.1, 0.15) is 25.0 Å². The van der Waals surface area contributed by atoms with Crippen molar-refractivity contribution in [3.8, 4) is 0 Å². The van der Waals surface area contributed by atoms with Crippen molar-refractivity contribution in [3.63, 3.8) is 0 Å². The third-order valence-corrected chi connectivity index (χ3v) is 7.40. The maximum Gasteiger partial charge on any atom is 0.333 e. The first-order chi connectivity index (χ1) is 16.0. The molecule has 5 rings (SSSR count). The van der Waals surface area contributed by atoms with Crippen LogP contribution in [0.2, 0.25) is 0 Å². The highest BCUT2D eigenvalue weighted by Gasteiger charge is 2.64. The fraction of sp³-hybridized carbons (Fsp3) is 0.423. The molecule has 7 nitrogen and oxygen atoms in total. The fourth-order valence-corrected chi connectivity index (χ4v) is 5.78. The van der Waals surface area contributed by atoms with Crippen LogP contribution in [0.4, 0.5) is 10.5 Å². The van der Waals surface area contributed by atoms with Gasteiger partial charge in [0.1, 0.15) is 0 Å². The van der Waals surface area contributed by atoms with Gasteiger partial charge in [-0.2, -0.15) is 0 Å². The average molecular weight is 447 g/mol. The lowest BCUT2D eigenvalue weighted by atomic mass is 9.67. The molecule has 0 aromatic heterocycles. The van der Waals surface area contributed by atoms with Gasteiger partial charge in [-0.1, -0.05) is 48.5 Å². The molecule has 2 aromatic rings. The number of benzene rings is 2. The van der Waals surface area contributed by atoms with Crippen LogP contribution < -0.4 is 4.90 Å². The van der Waals surface area contributed by atoms with Crippen LogP contribution in [0.25, 0.3) is 0 Å². The minimum atomic E-state index is -1.30. The van der Waals surface area contributed by atoms with E-state index in [1.54, 1.807) is 13.8 Å². The Hall–Kier alpha value is -3.19. The summed E-state index contributed by atoms with van der Waals surface area (Å²) in [5.74, 6) is -0.702. The standard InChI is InChI=1S/C26H30N4O3/c1-3-28-23(31)26(24(32)29(4-2)25(28)33)16-20-12-8-9-13-21(20)30-15-14-27(18-22(26)30)17-19-10-6-5-7-11-19/h5-13,22H,3-4,14-18H2,1-2H3/t22-/m0/s1. The molecule has 4 amide bonds. The highest BCUT2D eigenvalue weighted by molar-refractivity contribution is 6.20. The van der Waals surface area contributed by atoms with E-state index in [2.05, 4.69) is 28.0 Å². The van der Waals surface area contributed by atoms with Crippen LogP contribution in [0, 0.1) is 5.41 Å². The molecule has 1 spiro atoms. The number of imide groups is 2. The number of nitrogens with zero attached hydrogens (tertiary/aromatic N) is 4. The van der Waals surface area contributed by atoms with Crippen molar-refractivity contribution in [2.75, 3.05) is 37.6 Å². The van der Waals surface area contributed by atoms with Gasteiger partial charge in [0.15, 0.2) is 5.41 Å². The van der Waals surface area contributed by atoms with Gasteiger partial charge < -0.3 is 4.90 Å². The molecule has 3 heterocycles. The van der Waals surface area contributed by atoms with Gasteiger partial charge in [-0.05, 0) is 37.5 Å². The van der Waals surface area contributed by atoms with Crippen LogP contribution >= 0.6 is 0 Å². The van der Waals surface area contributed by atoms with Crippen molar-refractivity contribution >= 4 is 23.5 Å². The lowest BCUT2D eigenvalue weighted by molar-refractivity contribution is -0.161. The van der Waals surface area contributed by atoms with Gasteiger partial charge in [-0.15, -0.1) is 0 Å². The molecule has 1 atom stereocenters. The molecule has 0 N–H and O–H groups in total. The highest BCUT2D eigenvalue weighted by Crippen LogP contribution is 2.47. The highest BCUT2D eigenvalue weighted by atomic mass is 16.2. The number of rotatable bonds is 4. The largest absolute Gasteiger partial charge is 0.364 e.